The zero-order chi connectivity index (χ0) is 22.8. The number of rotatable bonds is 6. The highest BCUT2D eigenvalue weighted by atomic mass is 16.5. The van der Waals surface area contributed by atoms with Crippen molar-refractivity contribution in [1.82, 2.24) is 19.7 Å². The van der Waals surface area contributed by atoms with E-state index >= 15 is 0 Å². The van der Waals surface area contributed by atoms with Crippen LogP contribution in [0, 0.1) is 0 Å². The van der Waals surface area contributed by atoms with E-state index in [1.807, 2.05) is 42.0 Å². The Morgan fingerprint density at radius 1 is 1.24 bits per heavy atom. The van der Waals surface area contributed by atoms with Gasteiger partial charge in [0.1, 0.15) is 17.7 Å². The van der Waals surface area contributed by atoms with Gasteiger partial charge >= 0.3 is 12.1 Å². The number of aryl methyl sites for hydroxylation is 1. The number of piperidine rings is 1. The first-order valence-corrected chi connectivity index (χ1v) is 10.9. The fourth-order valence-electron chi connectivity index (χ4n) is 4.00. The van der Waals surface area contributed by atoms with Gasteiger partial charge in [0, 0.05) is 49.6 Å². The molecule has 0 atom stereocenters. The maximum Gasteiger partial charge on any atom is 0.409 e. The molecule has 0 saturated carbocycles. The molecule has 0 aliphatic carbocycles. The lowest BCUT2D eigenvalue weighted by atomic mass is 10.1. The minimum Gasteiger partial charge on any atom is -0.489 e. The van der Waals surface area contributed by atoms with Crippen molar-refractivity contribution in [3.8, 4) is 11.6 Å². The number of hydrogen-bond donors (Lipinski definition) is 2. The monoisotopic (exact) mass is 448 g/mol. The number of nitrogens with zero attached hydrogens (tertiary/aromatic N) is 5. The molecular formula is C23H24N6O4. The largest absolute Gasteiger partial charge is 0.489 e. The molecule has 170 valence electrons. The van der Waals surface area contributed by atoms with Crippen LogP contribution in [-0.4, -0.2) is 50.1 Å². The molecule has 0 bridgehead atoms. The van der Waals surface area contributed by atoms with Crippen LogP contribution in [0.3, 0.4) is 0 Å². The van der Waals surface area contributed by atoms with Gasteiger partial charge in [0.25, 0.3) is 0 Å². The van der Waals surface area contributed by atoms with Crippen LogP contribution in [0.1, 0.15) is 25.6 Å². The Morgan fingerprint density at radius 3 is 2.79 bits per heavy atom. The van der Waals surface area contributed by atoms with Gasteiger partial charge in [0.05, 0.1) is 11.7 Å². The van der Waals surface area contributed by atoms with E-state index in [1.54, 1.807) is 18.3 Å². The summed E-state index contributed by atoms with van der Waals surface area (Å²) in [7, 11) is 0. The number of ether oxygens (including phenoxy) is 1. The van der Waals surface area contributed by atoms with E-state index in [1.165, 1.54) is 0 Å². The van der Waals surface area contributed by atoms with E-state index < -0.39 is 6.09 Å². The Bertz CT molecular complexity index is 1260. The molecule has 5 rings (SSSR count). The van der Waals surface area contributed by atoms with Gasteiger partial charge in [-0.05, 0) is 36.4 Å². The first kappa shape index (κ1) is 20.8. The molecule has 1 aromatic carbocycles. The highest BCUT2D eigenvalue weighted by Gasteiger charge is 2.24. The summed E-state index contributed by atoms with van der Waals surface area (Å²) < 4.78 is 13.4. The fraction of sp³-hybridized carbons (Fsp3) is 0.304. The summed E-state index contributed by atoms with van der Waals surface area (Å²) in [6.07, 6.45) is 5.15. The van der Waals surface area contributed by atoms with Crippen molar-refractivity contribution in [2.24, 2.45) is 0 Å². The highest BCUT2D eigenvalue weighted by Crippen LogP contribution is 2.25. The van der Waals surface area contributed by atoms with Crippen LogP contribution in [0.5, 0.6) is 5.75 Å². The van der Waals surface area contributed by atoms with Gasteiger partial charge in [-0.15, -0.1) is 0 Å². The van der Waals surface area contributed by atoms with Crippen molar-refractivity contribution in [2.45, 2.75) is 32.3 Å². The number of anilines is 2. The Balaban J connectivity index is 1.22. The number of aromatic nitrogens is 4. The summed E-state index contributed by atoms with van der Waals surface area (Å²) in [6.45, 7) is 3.60. The first-order valence-electron chi connectivity index (χ1n) is 10.9. The number of benzene rings is 1. The number of nitrogens with one attached hydrogen (secondary N) is 1. The van der Waals surface area contributed by atoms with Crippen LogP contribution in [0.25, 0.3) is 16.7 Å². The number of amides is 1. The smallest absolute Gasteiger partial charge is 0.409 e. The highest BCUT2D eigenvalue weighted by molar-refractivity contribution is 5.90. The van der Waals surface area contributed by atoms with Gasteiger partial charge < -0.3 is 23.8 Å². The van der Waals surface area contributed by atoms with Gasteiger partial charge in [-0.3, -0.25) is 5.32 Å². The van der Waals surface area contributed by atoms with E-state index in [9.17, 15) is 4.79 Å². The normalized spacial score (nSPS) is 14.5. The number of carbonyl (C=O) groups is 1. The molecule has 1 saturated heterocycles. The average Bonchev–Trinajstić information content (AvgIpc) is 3.47. The van der Waals surface area contributed by atoms with E-state index in [0.717, 1.165) is 60.6 Å². The molecule has 1 amide bonds. The molecule has 0 unspecified atom stereocenters. The van der Waals surface area contributed by atoms with E-state index in [-0.39, 0.29) is 6.10 Å². The molecule has 3 aromatic heterocycles. The third-order valence-electron chi connectivity index (χ3n) is 5.70. The molecule has 1 aliphatic heterocycles. The number of hydrogen-bond acceptors (Lipinski definition) is 7. The molecule has 1 aliphatic rings. The Morgan fingerprint density at radius 2 is 2.09 bits per heavy atom. The Hall–Kier alpha value is -4.08. The zero-order valence-corrected chi connectivity index (χ0v) is 18.1. The standard InChI is InChI=1S/C23H24N6O4/c1-2-20-26-22(33-27-20)28-10-8-17(9-11-28)32-18-4-6-21(24-14-18)29-12-7-15-13-16(25-23(30)31)3-5-19(15)29/h3-7,12-14,17,25H,2,8-11H2,1H3,(H,30,31). The quantitative estimate of drug-likeness (QED) is 0.452. The van der Waals surface area contributed by atoms with E-state index in [0.29, 0.717) is 11.7 Å². The van der Waals surface area contributed by atoms with Crippen molar-refractivity contribution in [3.05, 3.63) is 54.6 Å². The predicted molar refractivity (Wildman–Crippen MR) is 122 cm³/mol. The second-order valence-corrected chi connectivity index (χ2v) is 7.89. The molecule has 4 aromatic rings. The van der Waals surface area contributed by atoms with Gasteiger partial charge in [-0.25, -0.2) is 9.78 Å². The zero-order valence-electron chi connectivity index (χ0n) is 18.1. The van der Waals surface area contributed by atoms with Gasteiger partial charge in [-0.2, -0.15) is 4.98 Å². The summed E-state index contributed by atoms with van der Waals surface area (Å²) in [5.41, 5.74) is 1.46. The minimum atomic E-state index is -1.09. The van der Waals surface area contributed by atoms with Crippen LogP contribution >= 0.6 is 0 Å². The molecule has 0 spiro atoms. The van der Waals surface area contributed by atoms with Crippen LogP contribution < -0.4 is 15.0 Å². The molecule has 1 fully saturated rings. The van der Waals surface area contributed by atoms with Crippen molar-refractivity contribution in [3.63, 3.8) is 0 Å². The fourth-order valence-corrected chi connectivity index (χ4v) is 4.00. The molecule has 10 nitrogen and oxygen atoms in total. The molecule has 10 heteroatoms. The van der Waals surface area contributed by atoms with Crippen molar-refractivity contribution in [2.75, 3.05) is 23.3 Å². The van der Waals surface area contributed by atoms with Crippen molar-refractivity contribution in [1.29, 1.82) is 0 Å². The van der Waals surface area contributed by atoms with Gasteiger partial charge in [0.2, 0.25) is 0 Å². The third-order valence-corrected chi connectivity index (χ3v) is 5.70. The summed E-state index contributed by atoms with van der Waals surface area (Å²) in [5, 5.41) is 16.1. The lowest BCUT2D eigenvalue weighted by Gasteiger charge is -2.30. The van der Waals surface area contributed by atoms with Gasteiger partial charge in [0.15, 0.2) is 5.82 Å². The molecule has 0 radical (unpaired) electrons. The maximum atomic E-state index is 10.8. The number of pyridine rings is 1. The Kier molecular flexibility index (Phi) is 5.55. The van der Waals surface area contributed by atoms with Crippen LogP contribution in [0.2, 0.25) is 0 Å². The SMILES string of the molecule is CCc1noc(N2CCC(Oc3ccc(-n4ccc5cc(NC(=O)O)ccc54)nc3)CC2)n1. The predicted octanol–water partition coefficient (Wildman–Crippen LogP) is 4.11. The van der Waals surface area contributed by atoms with E-state index in [4.69, 9.17) is 14.4 Å². The Labute approximate surface area is 189 Å². The van der Waals surface area contributed by atoms with Crippen LogP contribution in [-0.2, 0) is 6.42 Å². The summed E-state index contributed by atoms with van der Waals surface area (Å²) >= 11 is 0. The van der Waals surface area contributed by atoms with Crippen LogP contribution in [0.4, 0.5) is 16.5 Å². The molecule has 4 heterocycles. The van der Waals surface area contributed by atoms with Crippen molar-refractivity contribution >= 4 is 28.7 Å². The topological polar surface area (TPSA) is 119 Å². The maximum absolute atomic E-state index is 10.8. The van der Waals surface area contributed by atoms with Gasteiger partial charge in [-0.1, -0.05) is 12.1 Å². The second-order valence-electron chi connectivity index (χ2n) is 7.89. The summed E-state index contributed by atoms with van der Waals surface area (Å²) in [4.78, 5) is 21.9. The van der Waals surface area contributed by atoms with Crippen molar-refractivity contribution < 1.29 is 19.2 Å². The molecule has 33 heavy (non-hydrogen) atoms. The average molecular weight is 448 g/mol. The number of fused-ring (bicyclic) bond motifs is 1. The van der Waals surface area contributed by atoms with Crippen LogP contribution in [0.15, 0.2) is 53.3 Å². The lowest BCUT2D eigenvalue weighted by Crippen LogP contribution is -2.38. The molecule has 2 N–H and O–H groups in total. The lowest BCUT2D eigenvalue weighted by molar-refractivity contribution is 0.168. The second kappa shape index (κ2) is 8.81. The number of carboxylic acid groups (broad SMARTS) is 1. The first-order chi connectivity index (χ1) is 16.1. The molecular weight excluding hydrogens is 424 g/mol. The minimum absolute atomic E-state index is 0.107. The summed E-state index contributed by atoms with van der Waals surface area (Å²) in [6, 6.07) is 11.7. The third kappa shape index (κ3) is 4.45. The van der Waals surface area contributed by atoms with E-state index in [2.05, 4.69) is 25.3 Å². The summed E-state index contributed by atoms with van der Waals surface area (Å²) in [5.74, 6) is 2.21.